The van der Waals surface area contributed by atoms with Crippen molar-refractivity contribution >= 4 is 29.3 Å². The molecule has 1 atom stereocenters. The first-order chi connectivity index (χ1) is 12.1. The molecule has 0 aliphatic heterocycles. The summed E-state index contributed by atoms with van der Waals surface area (Å²) >= 11 is 0. The third-order valence-electron chi connectivity index (χ3n) is 4.27. The molecule has 0 saturated carbocycles. The summed E-state index contributed by atoms with van der Waals surface area (Å²) in [6, 6.07) is 13.6. The maximum atomic E-state index is 12.9. The molecular weight excluding hydrogens is 321 g/mol. The van der Waals surface area contributed by atoms with Crippen molar-refractivity contribution < 1.29 is 13.4 Å². The topological polar surface area (TPSA) is 56.0 Å². The second-order valence-electron chi connectivity index (χ2n) is 5.96. The first kappa shape index (κ1) is 17.2. The lowest BCUT2D eigenvalue weighted by Gasteiger charge is -2.15. The molecule has 0 amide bonds. The largest absolute Gasteiger partial charge is 0.571 e. The molecule has 2 aromatic carbocycles. The molecule has 0 bridgehead atoms. The number of carbonyl (C=O) groups is 1. The molecule has 0 fully saturated rings. The van der Waals surface area contributed by atoms with Gasteiger partial charge in [0, 0.05) is 30.7 Å². The van der Waals surface area contributed by atoms with Gasteiger partial charge in [0.2, 0.25) is 0 Å². The summed E-state index contributed by atoms with van der Waals surface area (Å²) in [4.78, 5) is 16.7. The highest BCUT2D eigenvalue weighted by Crippen LogP contribution is 2.20. The van der Waals surface area contributed by atoms with Crippen LogP contribution in [0.5, 0.6) is 0 Å². The first-order valence-corrected chi connectivity index (χ1v) is 8.02. The molecule has 0 aliphatic carbocycles. The molecule has 3 aromatic rings. The molecule has 1 aromatic heterocycles. The van der Waals surface area contributed by atoms with E-state index in [1.165, 1.54) is 18.2 Å². The minimum Gasteiger partial charge on any atom is -0.329 e. The molecule has 1 heterocycles. The molecule has 25 heavy (non-hydrogen) atoms. The maximum absolute atomic E-state index is 12.9. The lowest BCUT2D eigenvalue weighted by atomic mass is 9.82. The zero-order valence-electron chi connectivity index (χ0n) is 13.5. The van der Waals surface area contributed by atoms with Gasteiger partial charge in [0.15, 0.2) is 0 Å². The van der Waals surface area contributed by atoms with Crippen LogP contribution in [0.1, 0.15) is 17.0 Å². The van der Waals surface area contributed by atoms with E-state index in [1.807, 2.05) is 24.3 Å². The fourth-order valence-corrected chi connectivity index (χ4v) is 2.93. The molecule has 0 radical (unpaired) electrons. The highest BCUT2D eigenvalue weighted by atomic mass is 19.2. The number of halogens is 2. The number of benzene rings is 2. The summed E-state index contributed by atoms with van der Waals surface area (Å²) in [5, 5.41) is 2.00. The van der Waals surface area contributed by atoms with Gasteiger partial charge in [0.05, 0.1) is 5.92 Å². The summed E-state index contributed by atoms with van der Waals surface area (Å²) in [7, 11) is -2.57. The maximum Gasteiger partial charge on any atom is 0.571 e. The van der Waals surface area contributed by atoms with E-state index in [1.54, 1.807) is 18.5 Å². The van der Waals surface area contributed by atoms with E-state index >= 15 is 0 Å². The monoisotopic (exact) mass is 338 g/mol. The number of pyridine rings is 1. The Morgan fingerprint density at radius 2 is 1.96 bits per heavy atom. The number of nitrogens with zero attached hydrogens (tertiary/aromatic N) is 1. The number of aromatic nitrogens is 1. The Kier molecular flexibility index (Phi) is 5.19. The van der Waals surface area contributed by atoms with E-state index in [2.05, 4.69) is 4.98 Å². The first-order valence-electron chi connectivity index (χ1n) is 8.02. The van der Waals surface area contributed by atoms with Crippen molar-refractivity contribution in [1.29, 1.82) is 0 Å². The Morgan fingerprint density at radius 1 is 1.12 bits per heavy atom. The van der Waals surface area contributed by atoms with Crippen LogP contribution in [0, 0.1) is 0 Å². The number of nitrogens with two attached hydrogens (primary N) is 1. The van der Waals surface area contributed by atoms with Crippen molar-refractivity contribution in [2.75, 3.05) is 6.54 Å². The van der Waals surface area contributed by atoms with E-state index in [9.17, 15) is 13.4 Å². The molecule has 2 N–H and O–H groups in total. The van der Waals surface area contributed by atoms with Gasteiger partial charge >= 0.3 is 7.27 Å². The van der Waals surface area contributed by atoms with Gasteiger partial charge in [-0.2, -0.15) is 0 Å². The Hall–Kier alpha value is -2.60. The molecule has 3 rings (SSSR count). The third-order valence-corrected chi connectivity index (χ3v) is 4.27. The molecule has 0 spiro atoms. The van der Waals surface area contributed by atoms with Gasteiger partial charge in [0.1, 0.15) is 5.78 Å². The van der Waals surface area contributed by atoms with Crippen LogP contribution < -0.4 is 11.2 Å². The predicted molar refractivity (Wildman–Crippen MR) is 96.3 cm³/mol. The number of fused-ring (bicyclic) bond motifs is 1. The van der Waals surface area contributed by atoms with E-state index in [0.717, 1.165) is 16.3 Å². The standard InChI is InChI=1S/C19H17BF2N2O/c21-20(22)17-3-1-2-15(10-17)18(11-23)19(25)9-13-4-5-16-12-24-7-6-14(16)8-13/h1-8,10,12,18H,9,11,23H2. The average Bonchev–Trinajstić information content (AvgIpc) is 2.62. The molecule has 0 saturated heterocycles. The number of hydrogen-bond acceptors (Lipinski definition) is 3. The summed E-state index contributed by atoms with van der Waals surface area (Å²) < 4.78 is 25.8. The second kappa shape index (κ2) is 7.53. The van der Waals surface area contributed by atoms with Crippen LogP contribution in [-0.4, -0.2) is 24.6 Å². The minimum atomic E-state index is -2.57. The van der Waals surface area contributed by atoms with E-state index in [-0.39, 0.29) is 24.2 Å². The quantitative estimate of drug-likeness (QED) is 0.703. The van der Waals surface area contributed by atoms with Crippen molar-refractivity contribution in [2.45, 2.75) is 12.3 Å². The van der Waals surface area contributed by atoms with Crippen LogP contribution in [0.15, 0.2) is 60.9 Å². The normalized spacial score (nSPS) is 12.1. The fourth-order valence-electron chi connectivity index (χ4n) is 2.93. The third kappa shape index (κ3) is 3.91. The lowest BCUT2D eigenvalue weighted by molar-refractivity contribution is -0.119. The summed E-state index contributed by atoms with van der Waals surface area (Å²) in [6.45, 7) is 0.0863. The Balaban J connectivity index is 1.83. The van der Waals surface area contributed by atoms with Gasteiger partial charge in [-0.3, -0.25) is 18.4 Å². The Labute approximate surface area is 145 Å². The van der Waals surface area contributed by atoms with Gasteiger partial charge in [-0.05, 0) is 28.0 Å². The molecule has 0 aliphatic rings. The minimum absolute atomic E-state index is 0.0812. The van der Waals surface area contributed by atoms with Crippen LogP contribution in [0.4, 0.5) is 8.63 Å². The van der Waals surface area contributed by atoms with Gasteiger partial charge in [-0.15, -0.1) is 0 Å². The van der Waals surface area contributed by atoms with Gasteiger partial charge in [-0.1, -0.05) is 42.5 Å². The van der Waals surface area contributed by atoms with Crippen molar-refractivity contribution in [3.63, 3.8) is 0 Å². The van der Waals surface area contributed by atoms with Crippen LogP contribution >= 0.6 is 0 Å². The van der Waals surface area contributed by atoms with Crippen molar-refractivity contribution in [2.24, 2.45) is 5.73 Å². The molecule has 3 nitrogen and oxygen atoms in total. The summed E-state index contributed by atoms with van der Waals surface area (Å²) in [6.07, 6.45) is 3.67. The van der Waals surface area contributed by atoms with E-state index < -0.39 is 13.2 Å². The van der Waals surface area contributed by atoms with Gasteiger partial charge in [0.25, 0.3) is 0 Å². The van der Waals surface area contributed by atoms with Crippen LogP contribution in [0.25, 0.3) is 10.8 Å². The second-order valence-corrected chi connectivity index (χ2v) is 5.96. The number of rotatable bonds is 6. The Bertz CT molecular complexity index is 901. The molecule has 1 unspecified atom stereocenters. The number of carbonyl (C=O) groups excluding carboxylic acids is 1. The van der Waals surface area contributed by atoms with E-state index in [4.69, 9.17) is 5.73 Å². The number of Topliss-reactive ketones (excluding diaryl/α,β-unsaturated/α-hetero) is 1. The zero-order valence-corrected chi connectivity index (χ0v) is 13.5. The highest BCUT2D eigenvalue weighted by molar-refractivity contribution is 6.59. The van der Waals surface area contributed by atoms with E-state index in [0.29, 0.717) is 5.56 Å². The lowest BCUT2D eigenvalue weighted by Crippen LogP contribution is -2.26. The summed E-state index contributed by atoms with van der Waals surface area (Å²) in [5.41, 5.74) is 7.07. The van der Waals surface area contributed by atoms with Crippen molar-refractivity contribution in [1.82, 2.24) is 4.98 Å². The van der Waals surface area contributed by atoms with Crippen LogP contribution in [0.3, 0.4) is 0 Å². The van der Waals surface area contributed by atoms with Crippen molar-refractivity contribution in [3.05, 3.63) is 72.1 Å². The predicted octanol–water partition coefficient (Wildman–Crippen LogP) is 2.72. The number of hydrogen-bond donors (Lipinski definition) is 1. The molecule has 126 valence electrons. The smallest absolute Gasteiger partial charge is 0.329 e. The molecule has 6 heteroatoms. The number of ketones is 1. The average molecular weight is 338 g/mol. The van der Waals surface area contributed by atoms with Crippen LogP contribution in [0.2, 0.25) is 0 Å². The zero-order chi connectivity index (χ0) is 17.8. The summed E-state index contributed by atoms with van der Waals surface area (Å²) in [5.74, 6) is -0.672. The van der Waals surface area contributed by atoms with Gasteiger partial charge in [-0.25, -0.2) is 0 Å². The SMILES string of the molecule is NCC(C(=O)Cc1ccc2cnccc2c1)c1cccc(B(F)F)c1. The van der Waals surface area contributed by atoms with Crippen molar-refractivity contribution in [3.8, 4) is 0 Å². The highest BCUT2D eigenvalue weighted by Gasteiger charge is 2.22. The Morgan fingerprint density at radius 3 is 2.72 bits per heavy atom. The fraction of sp³-hybridized carbons (Fsp3) is 0.158. The van der Waals surface area contributed by atoms with Crippen LogP contribution in [-0.2, 0) is 11.2 Å². The van der Waals surface area contributed by atoms with Gasteiger partial charge < -0.3 is 5.73 Å². The molecular formula is C19H17BF2N2O.